The standard InChI is InChI=1S/C20H27NO6/c1-19(2,3)17(23)27-26-14-9-7-13(8-10-14)15-11-12-16(22)21(15)18(24)25-20(4,5)6/h7-10,15H,11-12H2,1-6H3. The Morgan fingerprint density at radius 3 is 2.15 bits per heavy atom. The minimum Gasteiger partial charge on any atom is -0.443 e. The van der Waals surface area contributed by atoms with E-state index < -0.39 is 29.1 Å². The second-order valence-corrected chi connectivity index (χ2v) is 8.57. The number of nitrogens with zero attached hydrogens (tertiary/aromatic N) is 1. The molecule has 0 radical (unpaired) electrons. The molecule has 0 N–H and O–H groups in total. The number of ether oxygens (including phenoxy) is 1. The monoisotopic (exact) mass is 377 g/mol. The number of likely N-dealkylation sites (tertiary alicyclic amines) is 1. The summed E-state index contributed by atoms with van der Waals surface area (Å²) in [5, 5.41) is 0. The maximum absolute atomic E-state index is 12.4. The molecule has 1 aliphatic rings. The minimum absolute atomic E-state index is 0.256. The second-order valence-electron chi connectivity index (χ2n) is 8.57. The molecular formula is C20H27NO6. The van der Waals surface area contributed by atoms with E-state index in [-0.39, 0.29) is 12.3 Å². The van der Waals surface area contributed by atoms with E-state index in [1.807, 2.05) is 0 Å². The van der Waals surface area contributed by atoms with E-state index >= 15 is 0 Å². The van der Waals surface area contributed by atoms with Crippen molar-refractivity contribution in [2.24, 2.45) is 5.41 Å². The molecule has 1 atom stereocenters. The summed E-state index contributed by atoms with van der Waals surface area (Å²) >= 11 is 0. The lowest BCUT2D eigenvalue weighted by Crippen LogP contribution is -2.38. The van der Waals surface area contributed by atoms with E-state index in [4.69, 9.17) is 14.5 Å². The third-order valence-corrected chi connectivity index (χ3v) is 3.89. The molecule has 27 heavy (non-hydrogen) atoms. The van der Waals surface area contributed by atoms with Crippen LogP contribution in [0.3, 0.4) is 0 Å². The molecular weight excluding hydrogens is 350 g/mol. The molecule has 0 saturated carbocycles. The van der Waals surface area contributed by atoms with Gasteiger partial charge >= 0.3 is 12.1 Å². The van der Waals surface area contributed by atoms with Crippen molar-refractivity contribution in [2.75, 3.05) is 0 Å². The predicted molar refractivity (Wildman–Crippen MR) is 97.7 cm³/mol. The van der Waals surface area contributed by atoms with Crippen LogP contribution in [0.2, 0.25) is 0 Å². The highest BCUT2D eigenvalue weighted by atomic mass is 17.2. The summed E-state index contributed by atoms with van der Waals surface area (Å²) < 4.78 is 5.35. The van der Waals surface area contributed by atoms with Gasteiger partial charge in [-0.05, 0) is 65.7 Å². The Bertz CT molecular complexity index is 711. The molecule has 2 amide bonds. The first-order valence-electron chi connectivity index (χ1n) is 8.92. The molecule has 1 aromatic carbocycles. The number of hydrogen-bond donors (Lipinski definition) is 0. The highest BCUT2D eigenvalue weighted by Gasteiger charge is 2.39. The van der Waals surface area contributed by atoms with Crippen molar-refractivity contribution in [1.29, 1.82) is 0 Å². The number of carbonyl (C=O) groups is 3. The molecule has 148 valence electrons. The Balaban J connectivity index is 2.07. The van der Waals surface area contributed by atoms with E-state index in [0.717, 1.165) is 5.56 Å². The van der Waals surface area contributed by atoms with Gasteiger partial charge < -0.3 is 4.74 Å². The van der Waals surface area contributed by atoms with E-state index in [0.29, 0.717) is 12.2 Å². The van der Waals surface area contributed by atoms with Crippen LogP contribution >= 0.6 is 0 Å². The fourth-order valence-electron chi connectivity index (χ4n) is 2.50. The Hall–Kier alpha value is -2.57. The molecule has 1 aliphatic heterocycles. The van der Waals surface area contributed by atoms with Crippen molar-refractivity contribution in [3.05, 3.63) is 29.8 Å². The van der Waals surface area contributed by atoms with Gasteiger partial charge in [-0.15, -0.1) is 0 Å². The number of benzene rings is 1. The van der Waals surface area contributed by atoms with Gasteiger partial charge in [0.2, 0.25) is 5.91 Å². The second kappa shape index (κ2) is 7.58. The Morgan fingerprint density at radius 1 is 1.04 bits per heavy atom. The Kier molecular flexibility index (Phi) is 5.82. The van der Waals surface area contributed by atoms with Gasteiger partial charge in [-0.1, -0.05) is 12.1 Å². The normalized spacial score (nSPS) is 17.6. The Labute approximate surface area is 159 Å². The molecule has 2 rings (SSSR count). The van der Waals surface area contributed by atoms with Gasteiger partial charge in [-0.2, -0.15) is 0 Å². The fraction of sp³-hybridized carbons (Fsp3) is 0.550. The van der Waals surface area contributed by atoms with Gasteiger partial charge in [0.25, 0.3) is 0 Å². The van der Waals surface area contributed by atoms with Crippen LogP contribution in [-0.4, -0.2) is 28.5 Å². The quantitative estimate of drug-likeness (QED) is 0.581. The van der Waals surface area contributed by atoms with Crippen LogP contribution < -0.4 is 4.89 Å². The van der Waals surface area contributed by atoms with E-state index in [1.165, 1.54) is 4.90 Å². The van der Waals surface area contributed by atoms with Gasteiger partial charge in [0.1, 0.15) is 5.60 Å². The molecule has 0 aromatic heterocycles. The van der Waals surface area contributed by atoms with Gasteiger partial charge in [0, 0.05) is 6.42 Å². The molecule has 7 heteroatoms. The Morgan fingerprint density at radius 2 is 1.63 bits per heavy atom. The predicted octanol–water partition coefficient (Wildman–Crippen LogP) is 4.17. The zero-order valence-corrected chi connectivity index (χ0v) is 16.7. The van der Waals surface area contributed by atoms with E-state index in [9.17, 15) is 14.4 Å². The first kappa shape index (κ1) is 20.7. The molecule has 1 heterocycles. The largest absolute Gasteiger partial charge is 0.443 e. The van der Waals surface area contributed by atoms with Crippen molar-refractivity contribution in [3.8, 4) is 5.75 Å². The zero-order valence-electron chi connectivity index (χ0n) is 16.7. The van der Waals surface area contributed by atoms with Gasteiger partial charge in [-0.25, -0.2) is 19.4 Å². The SMILES string of the molecule is CC(C)(C)OC(=O)N1C(=O)CCC1c1ccc(OOC(=O)C(C)(C)C)cc1. The number of carbonyl (C=O) groups excluding carboxylic acids is 3. The highest BCUT2D eigenvalue weighted by Crippen LogP contribution is 2.34. The molecule has 0 aliphatic carbocycles. The highest BCUT2D eigenvalue weighted by molar-refractivity contribution is 5.94. The molecule has 0 bridgehead atoms. The summed E-state index contributed by atoms with van der Waals surface area (Å²) in [7, 11) is 0. The lowest BCUT2D eigenvalue weighted by Gasteiger charge is -2.27. The number of imide groups is 1. The topological polar surface area (TPSA) is 82.1 Å². The van der Waals surface area contributed by atoms with Crippen LogP contribution in [-0.2, 0) is 19.2 Å². The van der Waals surface area contributed by atoms with Gasteiger partial charge in [0.15, 0.2) is 5.75 Å². The third kappa shape index (κ3) is 5.45. The average molecular weight is 377 g/mol. The number of amides is 2. The summed E-state index contributed by atoms with van der Waals surface area (Å²) in [5.41, 5.74) is -0.571. The van der Waals surface area contributed by atoms with Crippen molar-refractivity contribution in [3.63, 3.8) is 0 Å². The van der Waals surface area contributed by atoms with Crippen molar-refractivity contribution < 1.29 is 28.9 Å². The number of rotatable bonds is 3. The fourth-order valence-corrected chi connectivity index (χ4v) is 2.50. The van der Waals surface area contributed by atoms with Crippen molar-refractivity contribution in [1.82, 2.24) is 4.90 Å². The summed E-state index contributed by atoms with van der Waals surface area (Å²) in [4.78, 5) is 47.3. The van der Waals surface area contributed by atoms with Crippen LogP contribution in [0.5, 0.6) is 5.75 Å². The first-order valence-corrected chi connectivity index (χ1v) is 8.92. The number of hydrogen-bond acceptors (Lipinski definition) is 6. The molecule has 1 fully saturated rings. The van der Waals surface area contributed by atoms with Gasteiger partial charge in [-0.3, -0.25) is 9.68 Å². The minimum atomic E-state index is -0.681. The van der Waals surface area contributed by atoms with Crippen LogP contribution in [0.15, 0.2) is 24.3 Å². The third-order valence-electron chi connectivity index (χ3n) is 3.89. The lowest BCUT2D eigenvalue weighted by molar-refractivity contribution is -0.223. The van der Waals surface area contributed by atoms with Crippen molar-refractivity contribution >= 4 is 18.0 Å². The smallest absolute Gasteiger partial charge is 0.417 e. The van der Waals surface area contributed by atoms with Crippen LogP contribution in [0.4, 0.5) is 4.79 Å². The maximum atomic E-state index is 12.4. The summed E-state index contributed by atoms with van der Waals surface area (Å²) in [5.74, 6) is -0.387. The summed E-state index contributed by atoms with van der Waals surface area (Å²) in [6.45, 7) is 10.4. The van der Waals surface area contributed by atoms with E-state index in [1.54, 1.807) is 65.8 Å². The zero-order chi connectivity index (χ0) is 20.4. The van der Waals surface area contributed by atoms with Crippen LogP contribution in [0.1, 0.15) is 66.0 Å². The molecule has 1 saturated heterocycles. The molecule has 0 spiro atoms. The van der Waals surface area contributed by atoms with Crippen molar-refractivity contribution in [2.45, 2.75) is 66.0 Å². The molecule has 1 aromatic rings. The lowest BCUT2D eigenvalue weighted by atomic mass is 9.98. The van der Waals surface area contributed by atoms with Crippen LogP contribution in [0.25, 0.3) is 0 Å². The van der Waals surface area contributed by atoms with Crippen LogP contribution in [0, 0.1) is 5.41 Å². The molecule has 1 unspecified atom stereocenters. The first-order chi connectivity index (χ1) is 12.4. The maximum Gasteiger partial charge on any atom is 0.417 e. The van der Waals surface area contributed by atoms with Gasteiger partial charge in [0.05, 0.1) is 11.5 Å². The molecule has 7 nitrogen and oxygen atoms in total. The average Bonchev–Trinajstić information content (AvgIpc) is 2.92. The summed E-state index contributed by atoms with van der Waals surface area (Å²) in [6, 6.07) is 6.34. The summed E-state index contributed by atoms with van der Waals surface area (Å²) in [6.07, 6.45) is 0.164. The van der Waals surface area contributed by atoms with E-state index in [2.05, 4.69) is 0 Å².